The van der Waals surface area contributed by atoms with Crippen molar-refractivity contribution in [3.8, 4) is 0 Å². The lowest BCUT2D eigenvalue weighted by Crippen LogP contribution is -2.16. The van der Waals surface area contributed by atoms with Crippen molar-refractivity contribution in [2.45, 2.75) is 20.4 Å². The molecule has 19 heavy (non-hydrogen) atoms. The molecule has 0 saturated heterocycles. The van der Waals surface area contributed by atoms with Crippen LogP contribution in [0.5, 0.6) is 0 Å². The molecule has 100 valence electrons. The van der Waals surface area contributed by atoms with Crippen LogP contribution in [-0.4, -0.2) is 18.1 Å². The van der Waals surface area contributed by atoms with Gasteiger partial charge in [0.1, 0.15) is 4.88 Å². The van der Waals surface area contributed by atoms with Crippen LogP contribution in [0.3, 0.4) is 0 Å². The summed E-state index contributed by atoms with van der Waals surface area (Å²) in [4.78, 5) is 14.6. The van der Waals surface area contributed by atoms with Gasteiger partial charge in [0.2, 0.25) is 0 Å². The lowest BCUT2D eigenvalue weighted by atomic mass is 10.2. The molecular formula is C15H17NO2S. The van der Waals surface area contributed by atoms with E-state index < -0.39 is 5.97 Å². The van der Waals surface area contributed by atoms with E-state index in [1.165, 1.54) is 16.9 Å². The summed E-state index contributed by atoms with van der Waals surface area (Å²) in [5.74, 6) is -0.849. The second-order valence-corrected chi connectivity index (χ2v) is 5.95. The van der Waals surface area contributed by atoms with Gasteiger partial charge in [0, 0.05) is 24.2 Å². The third-order valence-corrected chi connectivity index (χ3v) is 4.16. The molecular weight excluding hydrogens is 258 g/mol. The zero-order valence-corrected chi connectivity index (χ0v) is 12.1. The molecule has 3 nitrogen and oxygen atoms in total. The van der Waals surface area contributed by atoms with Gasteiger partial charge in [0.25, 0.3) is 0 Å². The highest BCUT2D eigenvalue weighted by molar-refractivity contribution is 7.14. The van der Waals surface area contributed by atoms with Crippen molar-refractivity contribution in [1.29, 1.82) is 0 Å². The van der Waals surface area contributed by atoms with Crippen molar-refractivity contribution < 1.29 is 9.90 Å². The molecule has 1 aromatic heterocycles. The number of carbonyl (C=O) groups is 1. The van der Waals surface area contributed by atoms with E-state index in [1.54, 1.807) is 6.07 Å². The standard InChI is InChI=1S/C15H17NO2S/c1-10-5-4-6-13(7-10)16(3)9-12-8-14(15(17)18)19-11(12)2/h4-8H,9H2,1-3H3,(H,17,18). The monoisotopic (exact) mass is 275 g/mol. The molecule has 2 rings (SSSR count). The Morgan fingerprint density at radius 3 is 2.63 bits per heavy atom. The SMILES string of the molecule is Cc1cccc(N(C)Cc2cc(C(=O)O)sc2C)c1. The van der Waals surface area contributed by atoms with Crippen LogP contribution in [0.15, 0.2) is 30.3 Å². The number of anilines is 1. The van der Waals surface area contributed by atoms with E-state index in [4.69, 9.17) is 5.11 Å². The first-order chi connectivity index (χ1) is 8.97. The molecule has 0 amide bonds. The number of aryl methyl sites for hydroxylation is 2. The summed E-state index contributed by atoms with van der Waals surface area (Å²) in [6.45, 7) is 4.76. The quantitative estimate of drug-likeness (QED) is 0.925. The Morgan fingerprint density at radius 1 is 1.32 bits per heavy atom. The van der Waals surface area contributed by atoms with E-state index >= 15 is 0 Å². The Hall–Kier alpha value is -1.81. The molecule has 0 radical (unpaired) electrons. The molecule has 0 spiro atoms. The first kappa shape index (κ1) is 13.6. The zero-order valence-electron chi connectivity index (χ0n) is 11.3. The molecule has 0 aliphatic rings. The number of rotatable bonds is 4. The Labute approximate surface area is 117 Å². The topological polar surface area (TPSA) is 40.5 Å². The fourth-order valence-corrected chi connectivity index (χ4v) is 2.87. The van der Waals surface area contributed by atoms with Gasteiger partial charge in [-0.3, -0.25) is 0 Å². The molecule has 0 aliphatic heterocycles. The van der Waals surface area contributed by atoms with Gasteiger partial charge in [-0.1, -0.05) is 12.1 Å². The molecule has 2 aromatic rings. The van der Waals surface area contributed by atoms with Gasteiger partial charge >= 0.3 is 5.97 Å². The van der Waals surface area contributed by atoms with Gasteiger partial charge in [-0.2, -0.15) is 0 Å². The third kappa shape index (κ3) is 3.15. The molecule has 0 fully saturated rings. The van der Waals surface area contributed by atoms with Crippen LogP contribution >= 0.6 is 11.3 Å². The van der Waals surface area contributed by atoms with Crippen molar-refractivity contribution >= 4 is 23.0 Å². The van der Waals surface area contributed by atoms with E-state index in [1.807, 2.05) is 20.0 Å². The van der Waals surface area contributed by atoms with E-state index in [-0.39, 0.29) is 0 Å². The van der Waals surface area contributed by atoms with Crippen LogP contribution < -0.4 is 4.90 Å². The molecule has 0 saturated carbocycles. The highest BCUT2D eigenvalue weighted by Crippen LogP contribution is 2.24. The maximum absolute atomic E-state index is 11.0. The molecule has 0 unspecified atom stereocenters. The van der Waals surface area contributed by atoms with Crippen LogP contribution in [0.2, 0.25) is 0 Å². The van der Waals surface area contributed by atoms with Crippen molar-refractivity contribution in [3.05, 3.63) is 51.2 Å². The van der Waals surface area contributed by atoms with Gasteiger partial charge in [0.05, 0.1) is 0 Å². The lowest BCUT2D eigenvalue weighted by molar-refractivity contribution is 0.0702. The average Bonchev–Trinajstić information content (AvgIpc) is 2.71. The minimum absolute atomic E-state index is 0.408. The van der Waals surface area contributed by atoms with E-state index in [9.17, 15) is 4.79 Å². The summed E-state index contributed by atoms with van der Waals surface area (Å²) < 4.78 is 0. The minimum atomic E-state index is -0.849. The smallest absolute Gasteiger partial charge is 0.345 e. The lowest BCUT2D eigenvalue weighted by Gasteiger charge is -2.19. The van der Waals surface area contributed by atoms with Gasteiger partial charge in [-0.15, -0.1) is 11.3 Å². The van der Waals surface area contributed by atoms with Crippen molar-refractivity contribution in [2.75, 3.05) is 11.9 Å². The first-order valence-corrected chi connectivity index (χ1v) is 6.89. The number of carboxylic acids is 1. The van der Waals surface area contributed by atoms with Gasteiger partial charge < -0.3 is 10.0 Å². The molecule has 0 bridgehead atoms. The normalized spacial score (nSPS) is 10.5. The van der Waals surface area contributed by atoms with Crippen LogP contribution in [-0.2, 0) is 6.54 Å². The summed E-state index contributed by atoms with van der Waals surface area (Å²) >= 11 is 1.34. The van der Waals surface area contributed by atoms with E-state index in [0.717, 1.165) is 22.7 Å². The summed E-state index contributed by atoms with van der Waals surface area (Å²) in [5.41, 5.74) is 3.44. The fourth-order valence-electron chi connectivity index (χ4n) is 1.99. The van der Waals surface area contributed by atoms with Gasteiger partial charge in [-0.25, -0.2) is 4.79 Å². The molecule has 1 N–H and O–H groups in total. The summed E-state index contributed by atoms with van der Waals surface area (Å²) in [6.07, 6.45) is 0. The van der Waals surface area contributed by atoms with Crippen molar-refractivity contribution in [2.24, 2.45) is 0 Å². The second-order valence-electron chi connectivity index (χ2n) is 4.69. The van der Waals surface area contributed by atoms with E-state index in [2.05, 4.69) is 30.0 Å². The minimum Gasteiger partial charge on any atom is -0.477 e. The highest BCUT2D eigenvalue weighted by atomic mass is 32.1. The van der Waals surface area contributed by atoms with Crippen LogP contribution in [0.1, 0.15) is 25.7 Å². The fraction of sp³-hybridized carbons (Fsp3) is 0.267. The average molecular weight is 275 g/mol. The highest BCUT2D eigenvalue weighted by Gasteiger charge is 2.12. The van der Waals surface area contributed by atoms with Crippen LogP contribution in [0.4, 0.5) is 5.69 Å². The number of thiophene rings is 1. The summed E-state index contributed by atoms with van der Waals surface area (Å²) in [5, 5.41) is 9.01. The maximum atomic E-state index is 11.0. The third-order valence-electron chi connectivity index (χ3n) is 3.08. The van der Waals surface area contributed by atoms with Gasteiger partial charge in [-0.05, 0) is 43.2 Å². The molecule has 4 heteroatoms. The maximum Gasteiger partial charge on any atom is 0.345 e. The Balaban J connectivity index is 2.19. The zero-order chi connectivity index (χ0) is 14.0. The van der Waals surface area contributed by atoms with E-state index in [0.29, 0.717) is 4.88 Å². The van der Waals surface area contributed by atoms with Crippen molar-refractivity contribution in [1.82, 2.24) is 0 Å². The largest absolute Gasteiger partial charge is 0.477 e. The Bertz CT molecular complexity index is 604. The number of hydrogen-bond acceptors (Lipinski definition) is 3. The molecule has 0 aliphatic carbocycles. The number of nitrogens with zero attached hydrogens (tertiary/aromatic N) is 1. The number of benzene rings is 1. The van der Waals surface area contributed by atoms with Crippen molar-refractivity contribution in [3.63, 3.8) is 0 Å². The summed E-state index contributed by atoms with van der Waals surface area (Å²) in [6, 6.07) is 10.1. The predicted molar refractivity (Wildman–Crippen MR) is 79.3 cm³/mol. The number of hydrogen-bond donors (Lipinski definition) is 1. The Morgan fingerprint density at radius 2 is 2.05 bits per heavy atom. The predicted octanol–water partition coefficient (Wildman–Crippen LogP) is 3.70. The van der Waals surface area contributed by atoms with Crippen LogP contribution in [0.25, 0.3) is 0 Å². The summed E-state index contributed by atoms with van der Waals surface area (Å²) in [7, 11) is 2.02. The molecule has 1 aromatic carbocycles. The van der Waals surface area contributed by atoms with Gasteiger partial charge in [0.15, 0.2) is 0 Å². The molecule has 1 heterocycles. The molecule has 0 atom stereocenters. The van der Waals surface area contributed by atoms with Crippen LogP contribution in [0, 0.1) is 13.8 Å². The number of carboxylic acid groups (broad SMARTS) is 1. The number of aromatic carboxylic acids is 1. The first-order valence-electron chi connectivity index (χ1n) is 6.08. The second kappa shape index (κ2) is 5.45. The Kier molecular flexibility index (Phi) is 3.90.